The summed E-state index contributed by atoms with van der Waals surface area (Å²) in [4.78, 5) is 4.20. The van der Waals surface area contributed by atoms with Gasteiger partial charge in [-0.25, -0.2) is 0 Å². The smallest absolute Gasteiger partial charge is 0.190 e. The zero-order chi connectivity index (χ0) is 14.9. The topological polar surface area (TPSA) is 54.9 Å². The van der Waals surface area contributed by atoms with E-state index >= 15 is 0 Å². The number of methoxy groups -OCH3 is 1. The van der Waals surface area contributed by atoms with Gasteiger partial charge in [0.2, 0.25) is 0 Å². The molecule has 0 atom stereocenters. The number of hydrogen-bond acceptors (Lipinski definition) is 3. The fourth-order valence-electron chi connectivity index (χ4n) is 1.71. The minimum atomic E-state index is 0. The molecule has 0 aliphatic carbocycles. The van der Waals surface area contributed by atoms with Crippen molar-refractivity contribution in [2.75, 3.05) is 47.1 Å². The second-order valence-electron chi connectivity index (χ2n) is 4.80. The van der Waals surface area contributed by atoms with E-state index in [0.717, 1.165) is 64.6 Å². The fraction of sp³-hybridized carbons (Fsp3) is 0.933. The molecule has 0 radical (unpaired) electrons. The van der Waals surface area contributed by atoms with Crippen LogP contribution < -0.4 is 10.6 Å². The van der Waals surface area contributed by atoms with E-state index in [-0.39, 0.29) is 24.0 Å². The van der Waals surface area contributed by atoms with Crippen LogP contribution in [-0.2, 0) is 9.47 Å². The Morgan fingerprint density at radius 3 is 2.19 bits per heavy atom. The molecule has 0 bridgehead atoms. The molecule has 0 aromatic carbocycles. The lowest BCUT2D eigenvalue weighted by atomic mass is 10.2. The Balaban J connectivity index is 0. The molecule has 0 amide bonds. The quantitative estimate of drug-likeness (QED) is 0.210. The van der Waals surface area contributed by atoms with E-state index < -0.39 is 0 Å². The van der Waals surface area contributed by atoms with E-state index in [1.807, 2.05) is 0 Å². The van der Waals surface area contributed by atoms with E-state index in [9.17, 15) is 0 Å². The van der Waals surface area contributed by atoms with Crippen LogP contribution in [0.3, 0.4) is 0 Å². The first-order valence-electron chi connectivity index (χ1n) is 7.86. The van der Waals surface area contributed by atoms with Crippen LogP contribution in [0.1, 0.15) is 45.4 Å². The van der Waals surface area contributed by atoms with Gasteiger partial charge in [0.05, 0.1) is 0 Å². The summed E-state index contributed by atoms with van der Waals surface area (Å²) in [5.41, 5.74) is 0. The van der Waals surface area contributed by atoms with Crippen molar-refractivity contribution < 1.29 is 9.47 Å². The third-order valence-corrected chi connectivity index (χ3v) is 2.94. The van der Waals surface area contributed by atoms with Crippen LogP contribution in [-0.4, -0.2) is 53.0 Å². The lowest BCUT2D eigenvalue weighted by Crippen LogP contribution is -2.38. The maximum atomic E-state index is 5.51. The highest BCUT2D eigenvalue weighted by Crippen LogP contribution is 1.93. The van der Waals surface area contributed by atoms with Crippen LogP contribution >= 0.6 is 24.0 Å². The van der Waals surface area contributed by atoms with Gasteiger partial charge in [-0.1, -0.05) is 13.3 Å². The summed E-state index contributed by atoms with van der Waals surface area (Å²) in [6.07, 6.45) is 6.81. The van der Waals surface area contributed by atoms with Gasteiger partial charge in [0.25, 0.3) is 0 Å². The molecule has 21 heavy (non-hydrogen) atoms. The first-order chi connectivity index (χ1) is 9.85. The number of aliphatic imine (C=N–C) groups is 1. The third kappa shape index (κ3) is 17.9. The highest BCUT2D eigenvalue weighted by molar-refractivity contribution is 14.0. The van der Waals surface area contributed by atoms with Crippen molar-refractivity contribution in [3.05, 3.63) is 0 Å². The van der Waals surface area contributed by atoms with Crippen LogP contribution in [0.25, 0.3) is 0 Å². The number of hydrogen-bond donors (Lipinski definition) is 2. The van der Waals surface area contributed by atoms with E-state index in [2.05, 4.69) is 22.5 Å². The van der Waals surface area contributed by atoms with Gasteiger partial charge in [-0.05, 0) is 32.1 Å². The van der Waals surface area contributed by atoms with Crippen molar-refractivity contribution in [2.24, 2.45) is 4.99 Å². The summed E-state index contributed by atoms with van der Waals surface area (Å²) >= 11 is 0. The Bertz CT molecular complexity index is 229. The average molecular weight is 415 g/mol. The Morgan fingerprint density at radius 1 is 0.905 bits per heavy atom. The van der Waals surface area contributed by atoms with Crippen molar-refractivity contribution in [1.29, 1.82) is 0 Å². The third-order valence-electron chi connectivity index (χ3n) is 2.94. The molecule has 0 spiro atoms. The molecule has 6 heteroatoms. The first kappa shape index (κ1) is 23.2. The van der Waals surface area contributed by atoms with Crippen LogP contribution in [0.15, 0.2) is 4.99 Å². The number of unbranched alkanes of at least 4 members (excludes halogenated alkanes) is 3. The van der Waals surface area contributed by atoms with Gasteiger partial charge in [0.15, 0.2) is 5.96 Å². The first-order valence-corrected chi connectivity index (χ1v) is 7.86. The lowest BCUT2D eigenvalue weighted by Gasteiger charge is -2.11. The standard InChI is InChI=1S/C15H33N3O2.HI/c1-4-5-13-20-14-9-11-18-15(16-2)17-10-7-6-8-12-19-3;/h4-14H2,1-3H3,(H2,16,17,18);1H. The fourth-order valence-corrected chi connectivity index (χ4v) is 1.71. The maximum absolute atomic E-state index is 5.51. The molecule has 0 aromatic heterocycles. The Hall–Kier alpha value is -0.0800. The van der Waals surface area contributed by atoms with Crippen LogP contribution in [0.4, 0.5) is 0 Å². The molecule has 0 fully saturated rings. The number of ether oxygens (including phenoxy) is 2. The normalized spacial score (nSPS) is 11.1. The zero-order valence-corrected chi connectivity index (χ0v) is 16.3. The Kier molecular flexibility index (Phi) is 22.0. The predicted octanol–water partition coefficient (Wildman–Crippen LogP) is 2.79. The highest BCUT2D eigenvalue weighted by Gasteiger charge is 1.96. The Morgan fingerprint density at radius 2 is 1.57 bits per heavy atom. The predicted molar refractivity (Wildman–Crippen MR) is 101 cm³/mol. The van der Waals surface area contributed by atoms with Gasteiger partial charge in [-0.15, -0.1) is 24.0 Å². The molecular formula is C15H34IN3O2. The van der Waals surface area contributed by atoms with E-state index in [0.29, 0.717) is 0 Å². The monoisotopic (exact) mass is 415 g/mol. The average Bonchev–Trinajstić information content (AvgIpc) is 2.47. The van der Waals surface area contributed by atoms with Gasteiger partial charge in [-0.2, -0.15) is 0 Å². The van der Waals surface area contributed by atoms with Crippen LogP contribution in [0.2, 0.25) is 0 Å². The van der Waals surface area contributed by atoms with E-state index in [4.69, 9.17) is 9.47 Å². The van der Waals surface area contributed by atoms with E-state index in [1.54, 1.807) is 14.2 Å². The molecule has 5 nitrogen and oxygen atoms in total. The molecule has 2 N–H and O–H groups in total. The number of guanidine groups is 1. The molecule has 128 valence electrons. The van der Waals surface area contributed by atoms with Crippen molar-refractivity contribution >= 4 is 29.9 Å². The molecule has 0 aliphatic heterocycles. The number of nitrogens with zero attached hydrogens (tertiary/aromatic N) is 1. The number of nitrogens with one attached hydrogen (secondary N) is 2. The molecule has 0 saturated carbocycles. The van der Waals surface area contributed by atoms with Gasteiger partial charge >= 0.3 is 0 Å². The zero-order valence-electron chi connectivity index (χ0n) is 14.0. The summed E-state index contributed by atoms with van der Waals surface area (Å²) in [6, 6.07) is 0. The minimum Gasteiger partial charge on any atom is -0.385 e. The number of rotatable bonds is 13. The van der Waals surface area contributed by atoms with Crippen LogP contribution in [0, 0.1) is 0 Å². The van der Waals surface area contributed by atoms with Crippen molar-refractivity contribution in [2.45, 2.75) is 45.4 Å². The van der Waals surface area contributed by atoms with Crippen molar-refractivity contribution in [3.63, 3.8) is 0 Å². The van der Waals surface area contributed by atoms with Gasteiger partial charge in [-0.3, -0.25) is 4.99 Å². The summed E-state index contributed by atoms with van der Waals surface area (Å²) in [7, 11) is 3.55. The summed E-state index contributed by atoms with van der Waals surface area (Å²) < 4.78 is 10.5. The van der Waals surface area contributed by atoms with Gasteiger partial charge in [0.1, 0.15) is 0 Å². The number of halogens is 1. The molecular weight excluding hydrogens is 381 g/mol. The van der Waals surface area contributed by atoms with Gasteiger partial charge < -0.3 is 20.1 Å². The van der Waals surface area contributed by atoms with Gasteiger partial charge in [0, 0.05) is 47.1 Å². The molecule has 0 aromatic rings. The second kappa shape index (κ2) is 19.9. The SMILES string of the molecule is CCCCOCCCNC(=NC)NCCCCCOC.I. The molecule has 0 unspecified atom stereocenters. The largest absolute Gasteiger partial charge is 0.385 e. The molecule has 0 saturated heterocycles. The maximum Gasteiger partial charge on any atom is 0.190 e. The van der Waals surface area contributed by atoms with Crippen molar-refractivity contribution in [3.8, 4) is 0 Å². The second-order valence-corrected chi connectivity index (χ2v) is 4.80. The summed E-state index contributed by atoms with van der Waals surface area (Å²) in [6.45, 7) is 6.58. The Labute approximate surface area is 147 Å². The van der Waals surface area contributed by atoms with Crippen molar-refractivity contribution in [1.82, 2.24) is 10.6 Å². The minimum absolute atomic E-state index is 0. The highest BCUT2D eigenvalue weighted by atomic mass is 127. The molecule has 0 heterocycles. The van der Waals surface area contributed by atoms with Crippen LogP contribution in [0.5, 0.6) is 0 Å². The molecule has 0 aliphatic rings. The summed E-state index contributed by atoms with van der Waals surface area (Å²) in [5, 5.41) is 6.61. The molecule has 0 rings (SSSR count). The summed E-state index contributed by atoms with van der Waals surface area (Å²) in [5.74, 6) is 0.880. The lowest BCUT2D eigenvalue weighted by molar-refractivity contribution is 0.129. The van der Waals surface area contributed by atoms with E-state index in [1.165, 1.54) is 12.8 Å².